The lowest BCUT2D eigenvalue weighted by Crippen LogP contribution is -2.24. The largest absolute Gasteiger partial charge is 0.316 e. The van der Waals surface area contributed by atoms with Crippen LogP contribution in [0.15, 0.2) is 6.07 Å². The molecule has 1 aromatic heterocycles. The van der Waals surface area contributed by atoms with Crippen LogP contribution >= 0.6 is 12.4 Å². The Balaban J connectivity index is 0.00000161. The van der Waals surface area contributed by atoms with Gasteiger partial charge < -0.3 is 10.6 Å². The summed E-state index contributed by atoms with van der Waals surface area (Å²) in [5.74, 6) is 1.45. The van der Waals surface area contributed by atoms with E-state index in [1.807, 2.05) is 6.07 Å². The third-order valence-electron chi connectivity index (χ3n) is 4.58. The van der Waals surface area contributed by atoms with Crippen LogP contribution in [-0.2, 0) is 4.79 Å². The highest BCUT2D eigenvalue weighted by atomic mass is 35.5. The van der Waals surface area contributed by atoms with E-state index in [2.05, 4.69) is 20.8 Å². The van der Waals surface area contributed by atoms with Crippen LogP contribution in [0.25, 0.3) is 0 Å². The van der Waals surface area contributed by atoms with Crippen LogP contribution in [0.3, 0.4) is 0 Å². The number of anilines is 1. The second kappa shape index (κ2) is 7.80. The SMILES string of the molecule is Cl.O=C(Nc1cc(C2CCCCCC2)[nH]n1)C1CCNC1. The van der Waals surface area contributed by atoms with Crippen LogP contribution in [-0.4, -0.2) is 29.2 Å². The zero-order chi connectivity index (χ0) is 13.8. The second-order valence-corrected chi connectivity index (χ2v) is 6.08. The van der Waals surface area contributed by atoms with Crippen molar-refractivity contribution >= 4 is 24.1 Å². The van der Waals surface area contributed by atoms with Gasteiger partial charge in [-0.05, 0) is 25.8 Å². The number of rotatable bonds is 3. The minimum absolute atomic E-state index is 0. The van der Waals surface area contributed by atoms with Gasteiger partial charge in [-0.25, -0.2) is 0 Å². The molecule has 5 nitrogen and oxygen atoms in total. The highest BCUT2D eigenvalue weighted by Crippen LogP contribution is 2.31. The van der Waals surface area contributed by atoms with Crippen molar-refractivity contribution in [3.8, 4) is 0 Å². The number of aromatic nitrogens is 2. The van der Waals surface area contributed by atoms with Crippen LogP contribution in [0.2, 0.25) is 0 Å². The van der Waals surface area contributed by atoms with Crippen LogP contribution in [0, 0.1) is 5.92 Å². The van der Waals surface area contributed by atoms with Crippen molar-refractivity contribution in [2.75, 3.05) is 18.4 Å². The first-order valence-corrected chi connectivity index (χ1v) is 7.90. The van der Waals surface area contributed by atoms with E-state index < -0.39 is 0 Å². The van der Waals surface area contributed by atoms with Gasteiger partial charge in [-0.2, -0.15) is 5.10 Å². The van der Waals surface area contributed by atoms with Crippen molar-refractivity contribution in [1.82, 2.24) is 15.5 Å². The number of carbonyl (C=O) groups is 1. The van der Waals surface area contributed by atoms with Crippen LogP contribution < -0.4 is 10.6 Å². The molecule has 2 fully saturated rings. The quantitative estimate of drug-likeness (QED) is 0.752. The van der Waals surface area contributed by atoms with Crippen molar-refractivity contribution in [2.24, 2.45) is 5.92 Å². The Bertz CT molecular complexity index is 448. The molecular weight excluding hydrogens is 288 g/mol. The van der Waals surface area contributed by atoms with Crippen LogP contribution in [0.4, 0.5) is 5.82 Å². The van der Waals surface area contributed by atoms with Crippen molar-refractivity contribution in [1.29, 1.82) is 0 Å². The summed E-state index contributed by atoms with van der Waals surface area (Å²) >= 11 is 0. The van der Waals surface area contributed by atoms with Crippen LogP contribution in [0.5, 0.6) is 0 Å². The number of hydrogen-bond donors (Lipinski definition) is 3. The third kappa shape index (κ3) is 4.20. The number of aromatic amines is 1. The smallest absolute Gasteiger partial charge is 0.230 e. The van der Waals surface area contributed by atoms with E-state index >= 15 is 0 Å². The maximum absolute atomic E-state index is 12.1. The van der Waals surface area contributed by atoms with Gasteiger partial charge in [-0.1, -0.05) is 25.7 Å². The van der Waals surface area contributed by atoms with Gasteiger partial charge in [-0.15, -0.1) is 12.4 Å². The van der Waals surface area contributed by atoms with Gasteiger partial charge in [0.25, 0.3) is 0 Å². The molecule has 1 unspecified atom stereocenters. The molecule has 0 aromatic carbocycles. The van der Waals surface area contributed by atoms with Gasteiger partial charge in [0.2, 0.25) is 5.91 Å². The number of hydrogen-bond acceptors (Lipinski definition) is 3. The molecule has 1 saturated carbocycles. The Morgan fingerprint density at radius 1 is 1.19 bits per heavy atom. The number of carbonyl (C=O) groups excluding carboxylic acids is 1. The molecule has 1 saturated heterocycles. The number of amides is 1. The van der Waals surface area contributed by atoms with E-state index in [1.54, 1.807) is 0 Å². The van der Waals surface area contributed by atoms with Gasteiger partial charge in [0.05, 0.1) is 5.92 Å². The number of nitrogens with zero attached hydrogens (tertiary/aromatic N) is 1. The fourth-order valence-corrected chi connectivity index (χ4v) is 3.31. The monoisotopic (exact) mass is 312 g/mol. The van der Waals surface area contributed by atoms with E-state index in [0.717, 1.165) is 19.5 Å². The van der Waals surface area contributed by atoms with Crippen molar-refractivity contribution < 1.29 is 4.79 Å². The predicted molar refractivity (Wildman–Crippen MR) is 85.9 cm³/mol. The van der Waals surface area contributed by atoms with Gasteiger partial charge >= 0.3 is 0 Å². The number of halogens is 1. The molecule has 1 atom stereocenters. The first-order chi connectivity index (χ1) is 9.83. The Morgan fingerprint density at radius 3 is 2.62 bits per heavy atom. The fraction of sp³-hybridized carbons (Fsp3) is 0.733. The lowest BCUT2D eigenvalue weighted by atomic mass is 9.97. The molecule has 1 amide bonds. The molecule has 0 bridgehead atoms. The molecule has 0 radical (unpaired) electrons. The molecule has 21 heavy (non-hydrogen) atoms. The van der Waals surface area contributed by atoms with Gasteiger partial charge in [0, 0.05) is 24.2 Å². The fourth-order valence-electron chi connectivity index (χ4n) is 3.31. The molecule has 2 aliphatic rings. The molecule has 1 aliphatic heterocycles. The van der Waals surface area contributed by atoms with Crippen molar-refractivity contribution in [3.63, 3.8) is 0 Å². The maximum Gasteiger partial charge on any atom is 0.230 e. The summed E-state index contributed by atoms with van der Waals surface area (Å²) < 4.78 is 0. The Labute approximate surface area is 132 Å². The Morgan fingerprint density at radius 2 is 1.95 bits per heavy atom. The first-order valence-electron chi connectivity index (χ1n) is 7.90. The summed E-state index contributed by atoms with van der Waals surface area (Å²) in [4.78, 5) is 12.1. The minimum Gasteiger partial charge on any atom is -0.316 e. The number of nitrogens with one attached hydrogen (secondary N) is 3. The summed E-state index contributed by atoms with van der Waals surface area (Å²) in [6.45, 7) is 1.72. The topological polar surface area (TPSA) is 69.8 Å². The van der Waals surface area contributed by atoms with Crippen molar-refractivity contribution in [3.05, 3.63) is 11.8 Å². The molecule has 3 N–H and O–H groups in total. The Kier molecular flexibility index (Phi) is 6.06. The summed E-state index contributed by atoms with van der Waals surface area (Å²) in [5, 5.41) is 13.5. The third-order valence-corrected chi connectivity index (χ3v) is 4.58. The van der Waals surface area contributed by atoms with Crippen molar-refractivity contribution in [2.45, 2.75) is 50.9 Å². The molecule has 3 rings (SSSR count). The molecule has 6 heteroatoms. The summed E-state index contributed by atoms with van der Waals surface area (Å²) in [6.07, 6.45) is 8.71. The standard InChI is InChI=1S/C15H24N4O.ClH/c20-15(12-7-8-16-10-12)17-14-9-13(18-19-14)11-5-3-1-2-4-6-11;/h9,11-12,16H,1-8,10H2,(H2,17,18,19,20);1H. The zero-order valence-electron chi connectivity index (χ0n) is 12.4. The van der Waals surface area contributed by atoms with Gasteiger partial charge in [0.15, 0.2) is 5.82 Å². The van der Waals surface area contributed by atoms with E-state index in [-0.39, 0.29) is 24.2 Å². The van der Waals surface area contributed by atoms with E-state index in [4.69, 9.17) is 0 Å². The first kappa shape index (κ1) is 16.3. The minimum atomic E-state index is 0. The van der Waals surface area contributed by atoms with Crippen LogP contribution in [0.1, 0.15) is 56.6 Å². The van der Waals surface area contributed by atoms with E-state index in [1.165, 1.54) is 44.2 Å². The zero-order valence-corrected chi connectivity index (χ0v) is 13.2. The predicted octanol–water partition coefficient (Wildman–Crippen LogP) is 2.82. The lowest BCUT2D eigenvalue weighted by Gasteiger charge is -2.10. The van der Waals surface area contributed by atoms with Gasteiger partial charge in [-0.3, -0.25) is 9.89 Å². The molecule has 2 heterocycles. The molecule has 1 aromatic rings. The summed E-state index contributed by atoms with van der Waals surface area (Å²) in [6, 6.07) is 2.02. The average molecular weight is 313 g/mol. The Hall–Kier alpha value is -1.07. The second-order valence-electron chi connectivity index (χ2n) is 6.08. The number of H-pyrrole nitrogens is 1. The van der Waals surface area contributed by atoms with E-state index in [0.29, 0.717) is 11.7 Å². The molecule has 0 spiro atoms. The average Bonchev–Trinajstić information content (AvgIpc) is 3.06. The summed E-state index contributed by atoms with van der Waals surface area (Å²) in [5.41, 5.74) is 1.19. The van der Waals surface area contributed by atoms with E-state index in [9.17, 15) is 4.79 Å². The maximum atomic E-state index is 12.1. The lowest BCUT2D eigenvalue weighted by molar-refractivity contribution is -0.119. The van der Waals surface area contributed by atoms with Gasteiger partial charge in [0.1, 0.15) is 0 Å². The molecular formula is C15H25ClN4O. The molecule has 1 aliphatic carbocycles. The molecule has 118 valence electrons. The highest BCUT2D eigenvalue weighted by Gasteiger charge is 2.23. The highest BCUT2D eigenvalue weighted by molar-refractivity contribution is 5.92. The summed E-state index contributed by atoms with van der Waals surface area (Å²) in [7, 11) is 0. The normalized spacial score (nSPS) is 23.3.